The number of hydrogen-bond acceptors (Lipinski definition) is 4. The van der Waals surface area contributed by atoms with E-state index in [9.17, 15) is 9.59 Å². The second-order valence-corrected chi connectivity index (χ2v) is 5.64. The molecule has 6 heteroatoms. The average molecular weight is 293 g/mol. The summed E-state index contributed by atoms with van der Waals surface area (Å²) in [5.74, 6) is 0.165. The number of hydrogen-bond donors (Lipinski definition) is 2. The molecule has 106 valence electrons. The molecule has 5 nitrogen and oxygen atoms in total. The van der Waals surface area contributed by atoms with Crippen LogP contribution in [0.1, 0.15) is 42.0 Å². The van der Waals surface area contributed by atoms with Crippen LogP contribution in [0.25, 0.3) is 0 Å². The van der Waals surface area contributed by atoms with Gasteiger partial charge in [-0.25, -0.2) is 4.79 Å². The lowest BCUT2D eigenvalue weighted by Gasteiger charge is -2.03. The van der Waals surface area contributed by atoms with Crippen molar-refractivity contribution in [1.29, 1.82) is 0 Å². The van der Waals surface area contributed by atoms with Crippen LogP contribution >= 0.6 is 11.3 Å². The Hall–Kier alpha value is -2.08. The summed E-state index contributed by atoms with van der Waals surface area (Å²) >= 11 is 1.15. The molecule has 0 saturated carbocycles. The minimum atomic E-state index is -0.954. The van der Waals surface area contributed by atoms with E-state index >= 15 is 0 Å². The van der Waals surface area contributed by atoms with E-state index in [2.05, 4.69) is 5.32 Å². The van der Waals surface area contributed by atoms with Crippen LogP contribution in [0.15, 0.2) is 16.5 Å². The molecule has 0 aliphatic heterocycles. The standard InChI is InChI=1S/C14H15NO4S/c1-7-8(2)19-9(3)12(7)13(16)15-6-10-4-5-11(20-10)14(17)18/h4-5H,6H2,1-3H3,(H,15,16)(H,17,18). The fourth-order valence-corrected chi connectivity index (χ4v) is 2.76. The van der Waals surface area contributed by atoms with Gasteiger partial charge in [0.1, 0.15) is 16.4 Å². The molecule has 0 aromatic carbocycles. The second-order valence-electron chi connectivity index (χ2n) is 4.47. The van der Waals surface area contributed by atoms with Crippen LogP contribution < -0.4 is 5.32 Å². The Kier molecular flexibility index (Phi) is 3.94. The van der Waals surface area contributed by atoms with Crippen molar-refractivity contribution in [3.63, 3.8) is 0 Å². The number of aromatic carboxylic acids is 1. The van der Waals surface area contributed by atoms with E-state index in [1.165, 1.54) is 6.07 Å². The van der Waals surface area contributed by atoms with Crippen molar-refractivity contribution in [1.82, 2.24) is 5.32 Å². The predicted octanol–water partition coefficient (Wildman–Crippen LogP) is 2.89. The third-order valence-electron chi connectivity index (χ3n) is 3.08. The van der Waals surface area contributed by atoms with Gasteiger partial charge in [-0.05, 0) is 32.9 Å². The molecule has 2 rings (SSSR count). The maximum absolute atomic E-state index is 12.1. The number of carboxylic acids is 1. The number of furan rings is 1. The number of nitrogens with one attached hydrogen (secondary N) is 1. The van der Waals surface area contributed by atoms with Crippen LogP contribution in [-0.4, -0.2) is 17.0 Å². The smallest absolute Gasteiger partial charge is 0.345 e. The Labute approximate surface area is 120 Å². The summed E-state index contributed by atoms with van der Waals surface area (Å²) in [4.78, 5) is 24.0. The lowest BCUT2D eigenvalue weighted by molar-refractivity contribution is 0.0702. The highest BCUT2D eigenvalue weighted by Crippen LogP contribution is 2.21. The van der Waals surface area contributed by atoms with Crippen molar-refractivity contribution >= 4 is 23.2 Å². The van der Waals surface area contributed by atoms with Crippen molar-refractivity contribution in [3.8, 4) is 0 Å². The lowest BCUT2D eigenvalue weighted by atomic mass is 10.1. The number of thiophene rings is 1. The Morgan fingerprint density at radius 1 is 1.25 bits per heavy atom. The zero-order valence-electron chi connectivity index (χ0n) is 11.4. The SMILES string of the molecule is Cc1oc(C)c(C(=O)NCc2ccc(C(=O)O)s2)c1C. The molecule has 0 radical (unpaired) electrons. The van der Waals surface area contributed by atoms with Crippen LogP contribution in [0, 0.1) is 20.8 Å². The summed E-state index contributed by atoms with van der Waals surface area (Å²) in [5.41, 5.74) is 1.38. The van der Waals surface area contributed by atoms with Crippen molar-refractivity contribution in [2.45, 2.75) is 27.3 Å². The largest absolute Gasteiger partial charge is 0.477 e. The van der Waals surface area contributed by atoms with Gasteiger partial charge in [0.2, 0.25) is 0 Å². The molecule has 20 heavy (non-hydrogen) atoms. The molecular formula is C14H15NO4S. The summed E-state index contributed by atoms with van der Waals surface area (Å²) in [5, 5.41) is 11.6. The van der Waals surface area contributed by atoms with Gasteiger partial charge >= 0.3 is 5.97 Å². The van der Waals surface area contributed by atoms with Gasteiger partial charge in [-0.3, -0.25) is 4.79 Å². The topological polar surface area (TPSA) is 79.5 Å². The average Bonchev–Trinajstić information content (AvgIpc) is 2.93. The fourth-order valence-electron chi connectivity index (χ4n) is 1.97. The van der Waals surface area contributed by atoms with E-state index in [0.717, 1.165) is 27.5 Å². The predicted molar refractivity (Wildman–Crippen MR) is 75.4 cm³/mol. The molecule has 2 aromatic heterocycles. The summed E-state index contributed by atoms with van der Waals surface area (Å²) in [6, 6.07) is 3.24. The van der Waals surface area contributed by atoms with E-state index in [1.54, 1.807) is 13.0 Å². The number of amides is 1. The summed E-state index contributed by atoms with van der Waals surface area (Å²) in [7, 11) is 0. The first-order valence-electron chi connectivity index (χ1n) is 6.07. The third-order valence-corrected chi connectivity index (χ3v) is 4.16. The van der Waals surface area contributed by atoms with Gasteiger partial charge in [-0.15, -0.1) is 11.3 Å². The van der Waals surface area contributed by atoms with Crippen LogP contribution in [0.5, 0.6) is 0 Å². The zero-order chi connectivity index (χ0) is 14.9. The molecule has 1 amide bonds. The molecule has 2 heterocycles. The molecule has 0 unspecified atom stereocenters. The van der Waals surface area contributed by atoms with E-state index < -0.39 is 5.97 Å². The Balaban J connectivity index is 2.06. The quantitative estimate of drug-likeness (QED) is 0.908. The lowest BCUT2D eigenvalue weighted by Crippen LogP contribution is -2.23. The van der Waals surface area contributed by atoms with Crippen LogP contribution in [-0.2, 0) is 6.54 Å². The maximum atomic E-state index is 12.1. The molecule has 0 fully saturated rings. The number of carbonyl (C=O) groups is 2. The van der Waals surface area contributed by atoms with Gasteiger partial charge < -0.3 is 14.8 Å². The summed E-state index contributed by atoms with van der Waals surface area (Å²) < 4.78 is 5.42. The highest BCUT2D eigenvalue weighted by molar-refractivity contribution is 7.13. The Bertz CT molecular complexity index is 669. The molecule has 0 saturated heterocycles. The van der Waals surface area contributed by atoms with Gasteiger partial charge in [-0.1, -0.05) is 0 Å². The number of carboxylic acid groups (broad SMARTS) is 1. The van der Waals surface area contributed by atoms with Gasteiger partial charge in [0.05, 0.1) is 12.1 Å². The Morgan fingerprint density at radius 2 is 1.95 bits per heavy atom. The minimum Gasteiger partial charge on any atom is -0.477 e. The van der Waals surface area contributed by atoms with E-state index in [1.807, 2.05) is 13.8 Å². The summed E-state index contributed by atoms with van der Waals surface area (Å²) in [6.07, 6.45) is 0. The number of aryl methyl sites for hydroxylation is 2. The van der Waals surface area contributed by atoms with Gasteiger partial charge in [-0.2, -0.15) is 0 Å². The summed E-state index contributed by atoms with van der Waals surface area (Å²) in [6.45, 7) is 5.72. The zero-order valence-corrected chi connectivity index (χ0v) is 12.3. The molecule has 0 bridgehead atoms. The van der Waals surface area contributed by atoms with Crippen molar-refractivity contribution in [3.05, 3.63) is 44.5 Å². The van der Waals surface area contributed by atoms with Gasteiger partial charge in [0, 0.05) is 10.4 Å². The van der Waals surface area contributed by atoms with Gasteiger partial charge in [0.25, 0.3) is 5.91 Å². The second kappa shape index (κ2) is 5.50. The molecule has 0 spiro atoms. The van der Waals surface area contributed by atoms with Crippen LogP contribution in [0.3, 0.4) is 0 Å². The highest BCUT2D eigenvalue weighted by atomic mass is 32.1. The fraction of sp³-hybridized carbons (Fsp3) is 0.286. The van der Waals surface area contributed by atoms with E-state index in [-0.39, 0.29) is 10.8 Å². The normalized spacial score (nSPS) is 10.6. The molecule has 0 atom stereocenters. The first-order valence-corrected chi connectivity index (χ1v) is 6.88. The van der Waals surface area contributed by atoms with Crippen LogP contribution in [0.2, 0.25) is 0 Å². The molecular weight excluding hydrogens is 278 g/mol. The number of rotatable bonds is 4. The third kappa shape index (κ3) is 2.75. The van der Waals surface area contributed by atoms with E-state index in [0.29, 0.717) is 17.9 Å². The number of carbonyl (C=O) groups excluding carboxylic acids is 1. The molecule has 0 aliphatic carbocycles. The monoisotopic (exact) mass is 293 g/mol. The first-order chi connectivity index (χ1) is 9.40. The molecule has 2 aromatic rings. The van der Waals surface area contributed by atoms with Crippen molar-refractivity contribution in [2.75, 3.05) is 0 Å². The molecule has 2 N–H and O–H groups in total. The minimum absolute atomic E-state index is 0.206. The maximum Gasteiger partial charge on any atom is 0.345 e. The first kappa shape index (κ1) is 14.3. The highest BCUT2D eigenvalue weighted by Gasteiger charge is 2.18. The molecule has 0 aliphatic rings. The Morgan fingerprint density at radius 3 is 2.45 bits per heavy atom. The van der Waals surface area contributed by atoms with E-state index in [4.69, 9.17) is 9.52 Å². The van der Waals surface area contributed by atoms with Crippen molar-refractivity contribution < 1.29 is 19.1 Å². The van der Waals surface area contributed by atoms with Crippen LogP contribution in [0.4, 0.5) is 0 Å². The van der Waals surface area contributed by atoms with Crippen molar-refractivity contribution in [2.24, 2.45) is 0 Å². The van der Waals surface area contributed by atoms with Gasteiger partial charge in [0.15, 0.2) is 0 Å².